The van der Waals surface area contributed by atoms with E-state index in [1.165, 1.54) is 18.2 Å². The normalized spacial score (nSPS) is 11.8. The first-order valence-electron chi connectivity index (χ1n) is 6.39. The molecule has 1 aromatic heterocycles. The third kappa shape index (κ3) is 5.23. The SMILES string of the molecule is C=CC(=O)NCCCCCC(O)On1c(O)ccc1O. The lowest BCUT2D eigenvalue weighted by Gasteiger charge is -2.14. The molecule has 20 heavy (non-hydrogen) atoms. The minimum atomic E-state index is -1.12. The van der Waals surface area contributed by atoms with Gasteiger partial charge in [0.25, 0.3) is 0 Å². The molecule has 0 fully saturated rings. The Morgan fingerprint density at radius 1 is 1.35 bits per heavy atom. The maximum absolute atomic E-state index is 10.9. The number of aliphatic hydroxyl groups is 1. The molecule has 7 heteroatoms. The van der Waals surface area contributed by atoms with Crippen molar-refractivity contribution >= 4 is 5.91 Å². The van der Waals surface area contributed by atoms with Crippen LogP contribution in [0.2, 0.25) is 0 Å². The van der Waals surface area contributed by atoms with Crippen molar-refractivity contribution in [2.45, 2.75) is 32.0 Å². The number of nitrogens with zero attached hydrogens (tertiary/aromatic N) is 1. The van der Waals surface area contributed by atoms with Gasteiger partial charge in [0.1, 0.15) is 0 Å². The lowest BCUT2D eigenvalue weighted by atomic mass is 10.2. The van der Waals surface area contributed by atoms with Gasteiger partial charge in [0.15, 0.2) is 0 Å². The summed E-state index contributed by atoms with van der Waals surface area (Å²) in [5.41, 5.74) is 0. The number of carbonyl (C=O) groups excluding carboxylic acids is 1. The molecule has 0 saturated heterocycles. The van der Waals surface area contributed by atoms with E-state index in [1.54, 1.807) is 0 Å². The van der Waals surface area contributed by atoms with Crippen LogP contribution in [-0.4, -0.2) is 38.8 Å². The largest absolute Gasteiger partial charge is 0.492 e. The Bertz CT molecular complexity index is 424. The monoisotopic (exact) mass is 284 g/mol. The minimum Gasteiger partial charge on any atom is -0.492 e. The van der Waals surface area contributed by atoms with E-state index in [-0.39, 0.29) is 17.7 Å². The summed E-state index contributed by atoms with van der Waals surface area (Å²) in [5.74, 6) is -0.769. The van der Waals surface area contributed by atoms with Gasteiger partial charge in [-0.1, -0.05) is 13.0 Å². The molecule has 0 aliphatic heterocycles. The topological polar surface area (TPSA) is 104 Å². The summed E-state index contributed by atoms with van der Waals surface area (Å²) in [7, 11) is 0. The molecule has 0 aliphatic rings. The Morgan fingerprint density at radius 2 is 2.00 bits per heavy atom. The average molecular weight is 284 g/mol. The summed E-state index contributed by atoms with van der Waals surface area (Å²) in [6, 6.07) is 2.51. The van der Waals surface area contributed by atoms with Gasteiger partial charge >= 0.3 is 0 Å². The van der Waals surface area contributed by atoms with Gasteiger partial charge in [-0.05, 0) is 18.9 Å². The number of nitrogens with one attached hydrogen (secondary N) is 1. The smallest absolute Gasteiger partial charge is 0.243 e. The number of unbranched alkanes of at least 4 members (excludes halogenated alkanes) is 2. The van der Waals surface area contributed by atoms with Crippen LogP contribution in [0.15, 0.2) is 24.8 Å². The van der Waals surface area contributed by atoms with Crippen molar-refractivity contribution in [1.82, 2.24) is 10.0 Å². The number of carbonyl (C=O) groups is 1. The molecular formula is C13H20N2O5. The summed E-state index contributed by atoms with van der Waals surface area (Å²) in [6.07, 6.45) is 2.73. The second-order valence-electron chi connectivity index (χ2n) is 4.25. The highest BCUT2D eigenvalue weighted by atomic mass is 16.7. The van der Waals surface area contributed by atoms with E-state index in [1.807, 2.05) is 0 Å². The molecule has 1 amide bonds. The van der Waals surface area contributed by atoms with E-state index in [9.17, 15) is 20.1 Å². The van der Waals surface area contributed by atoms with E-state index in [0.717, 1.165) is 17.6 Å². The highest BCUT2D eigenvalue weighted by molar-refractivity contribution is 5.86. The average Bonchev–Trinajstić information content (AvgIpc) is 2.74. The fraction of sp³-hybridized carbons (Fsp3) is 0.462. The summed E-state index contributed by atoms with van der Waals surface area (Å²) in [4.78, 5) is 15.8. The number of hydrogen-bond acceptors (Lipinski definition) is 5. The summed E-state index contributed by atoms with van der Waals surface area (Å²) < 4.78 is 0.759. The molecule has 1 unspecified atom stereocenters. The lowest BCUT2D eigenvalue weighted by Crippen LogP contribution is -2.24. The van der Waals surface area contributed by atoms with Gasteiger partial charge in [0.05, 0.1) is 0 Å². The van der Waals surface area contributed by atoms with Crippen molar-refractivity contribution in [3.05, 3.63) is 24.8 Å². The Morgan fingerprint density at radius 3 is 2.60 bits per heavy atom. The molecule has 7 nitrogen and oxygen atoms in total. The number of aromatic hydroxyl groups is 2. The van der Waals surface area contributed by atoms with E-state index >= 15 is 0 Å². The number of hydrogen-bond donors (Lipinski definition) is 4. The first kappa shape index (κ1) is 15.9. The fourth-order valence-corrected chi connectivity index (χ4v) is 1.59. The number of amides is 1. The van der Waals surface area contributed by atoms with Gasteiger partial charge in [-0.25, -0.2) is 0 Å². The summed E-state index contributed by atoms with van der Waals surface area (Å²) in [6.45, 7) is 3.90. The maximum atomic E-state index is 10.9. The second-order valence-corrected chi connectivity index (χ2v) is 4.25. The van der Waals surface area contributed by atoms with Gasteiger partial charge in [0, 0.05) is 25.1 Å². The zero-order valence-electron chi connectivity index (χ0n) is 11.2. The van der Waals surface area contributed by atoms with Crippen molar-refractivity contribution in [3.8, 4) is 11.8 Å². The molecule has 1 atom stereocenters. The highest BCUT2D eigenvalue weighted by Gasteiger charge is 2.12. The quantitative estimate of drug-likeness (QED) is 0.300. The molecule has 4 N–H and O–H groups in total. The number of aliphatic hydroxyl groups excluding tert-OH is 1. The van der Waals surface area contributed by atoms with Gasteiger partial charge in [0.2, 0.25) is 24.0 Å². The Hall–Kier alpha value is -2.15. The highest BCUT2D eigenvalue weighted by Crippen LogP contribution is 2.19. The standard InChI is InChI=1S/C13H20N2O5/c1-2-10(16)14-9-5-3-4-6-13(19)20-15-11(17)7-8-12(15)18/h2,7-8,13,17-19H,1,3-6,9H2,(H,14,16). The van der Waals surface area contributed by atoms with Crippen LogP contribution in [0.4, 0.5) is 0 Å². The van der Waals surface area contributed by atoms with Crippen LogP contribution in [0, 0.1) is 0 Å². The Balaban J connectivity index is 2.13. The van der Waals surface area contributed by atoms with Gasteiger partial charge in [-0.15, -0.1) is 4.73 Å². The third-order valence-electron chi connectivity index (χ3n) is 2.64. The maximum Gasteiger partial charge on any atom is 0.243 e. The van der Waals surface area contributed by atoms with E-state index in [0.29, 0.717) is 19.4 Å². The molecule has 1 aromatic rings. The van der Waals surface area contributed by atoms with Crippen molar-refractivity contribution in [3.63, 3.8) is 0 Å². The molecule has 0 aliphatic carbocycles. The Labute approximate surface area is 117 Å². The minimum absolute atomic E-state index is 0.202. The first-order chi connectivity index (χ1) is 9.54. The zero-order valence-corrected chi connectivity index (χ0v) is 11.2. The van der Waals surface area contributed by atoms with Crippen LogP contribution in [0.5, 0.6) is 11.8 Å². The third-order valence-corrected chi connectivity index (χ3v) is 2.64. The lowest BCUT2D eigenvalue weighted by molar-refractivity contribution is -0.118. The first-order valence-corrected chi connectivity index (χ1v) is 6.39. The molecular weight excluding hydrogens is 264 g/mol. The van der Waals surface area contributed by atoms with Crippen LogP contribution in [0.1, 0.15) is 25.7 Å². The second kappa shape index (κ2) is 8.11. The molecule has 1 heterocycles. The number of rotatable bonds is 9. The van der Waals surface area contributed by atoms with E-state index < -0.39 is 6.29 Å². The van der Waals surface area contributed by atoms with Crippen molar-refractivity contribution in [1.29, 1.82) is 0 Å². The summed E-state index contributed by atoms with van der Waals surface area (Å²) in [5, 5.41) is 30.9. The van der Waals surface area contributed by atoms with Gasteiger partial charge in [-0.2, -0.15) is 0 Å². The van der Waals surface area contributed by atoms with Gasteiger partial charge in [-0.3, -0.25) is 4.79 Å². The molecule has 0 radical (unpaired) electrons. The van der Waals surface area contributed by atoms with E-state index in [2.05, 4.69) is 11.9 Å². The Kier molecular flexibility index (Phi) is 6.45. The molecule has 0 aromatic carbocycles. The van der Waals surface area contributed by atoms with E-state index in [4.69, 9.17) is 4.84 Å². The summed E-state index contributed by atoms with van der Waals surface area (Å²) >= 11 is 0. The molecule has 1 rings (SSSR count). The van der Waals surface area contributed by atoms with Crippen LogP contribution >= 0.6 is 0 Å². The predicted molar refractivity (Wildman–Crippen MR) is 72.0 cm³/mol. The van der Waals surface area contributed by atoms with Crippen molar-refractivity contribution < 1.29 is 25.0 Å². The van der Waals surface area contributed by atoms with Crippen molar-refractivity contribution in [2.24, 2.45) is 0 Å². The molecule has 0 saturated carbocycles. The fourth-order valence-electron chi connectivity index (χ4n) is 1.59. The van der Waals surface area contributed by atoms with Crippen LogP contribution in [0.25, 0.3) is 0 Å². The number of aromatic nitrogens is 1. The predicted octanol–water partition coefficient (Wildman–Crippen LogP) is 0.509. The van der Waals surface area contributed by atoms with Crippen LogP contribution < -0.4 is 10.2 Å². The molecule has 112 valence electrons. The molecule has 0 bridgehead atoms. The van der Waals surface area contributed by atoms with Crippen LogP contribution in [-0.2, 0) is 4.79 Å². The molecule has 0 spiro atoms. The van der Waals surface area contributed by atoms with Crippen molar-refractivity contribution in [2.75, 3.05) is 6.54 Å². The van der Waals surface area contributed by atoms with Gasteiger partial charge < -0.3 is 25.5 Å². The van der Waals surface area contributed by atoms with Crippen LogP contribution in [0.3, 0.4) is 0 Å². The zero-order chi connectivity index (χ0) is 15.0.